The average Bonchev–Trinajstić information content (AvgIpc) is 2.80. The van der Waals surface area contributed by atoms with E-state index in [1.54, 1.807) is 24.3 Å². The highest BCUT2D eigenvalue weighted by Gasteiger charge is 2.47. The van der Waals surface area contributed by atoms with Crippen molar-refractivity contribution in [2.24, 2.45) is 0 Å². The Hall–Kier alpha value is -1.67. The second kappa shape index (κ2) is 7.27. The number of halogens is 1. The number of rotatable bonds is 5. The highest BCUT2D eigenvalue weighted by Crippen LogP contribution is 2.24. The maximum absolute atomic E-state index is 12.1. The van der Waals surface area contributed by atoms with Crippen LogP contribution in [-0.2, 0) is 9.53 Å². The summed E-state index contributed by atoms with van der Waals surface area (Å²) in [5, 5.41) is 25.8. The van der Waals surface area contributed by atoms with E-state index in [-0.39, 0.29) is 25.6 Å². The molecule has 1 fully saturated rings. The molecule has 0 saturated carbocycles. The molecular weight excluding hydrogens is 324 g/mol. The molecular formula is C15H19ClN2O5. The molecule has 126 valence electrons. The summed E-state index contributed by atoms with van der Waals surface area (Å²) in [6, 6.07) is 6.58. The predicted octanol–water partition coefficient (Wildman–Crippen LogP) is -0.303. The molecule has 0 spiro atoms. The minimum atomic E-state index is -1.58. The second-order valence-corrected chi connectivity index (χ2v) is 5.90. The molecule has 0 aromatic heterocycles. The number of aliphatic hydroxyl groups excluding tert-OH is 1. The zero-order valence-corrected chi connectivity index (χ0v) is 13.3. The Morgan fingerprint density at radius 1 is 1.39 bits per heavy atom. The van der Waals surface area contributed by atoms with Crippen LogP contribution in [0.25, 0.3) is 0 Å². The van der Waals surface area contributed by atoms with Crippen LogP contribution in [0.5, 0.6) is 0 Å². The lowest BCUT2D eigenvalue weighted by Crippen LogP contribution is -2.53. The van der Waals surface area contributed by atoms with Gasteiger partial charge in [-0.25, -0.2) is 0 Å². The molecule has 23 heavy (non-hydrogen) atoms. The van der Waals surface area contributed by atoms with Gasteiger partial charge in [-0.2, -0.15) is 0 Å². The van der Waals surface area contributed by atoms with E-state index in [1.807, 2.05) is 0 Å². The van der Waals surface area contributed by atoms with E-state index in [9.17, 15) is 19.8 Å². The Labute approximate surface area is 138 Å². The van der Waals surface area contributed by atoms with Gasteiger partial charge in [-0.15, -0.1) is 0 Å². The van der Waals surface area contributed by atoms with Crippen molar-refractivity contribution in [1.29, 1.82) is 0 Å². The third-order valence-electron chi connectivity index (χ3n) is 3.68. The monoisotopic (exact) mass is 342 g/mol. The minimum Gasteiger partial charge on any atom is -0.387 e. The molecule has 0 unspecified atom stereocenters. The molecule has 7 nitrogen and oxygen atoms in total. The summed E-state index contributed by atoms with van der Waals surface area (Å²) in [6.45, 7) is 1.06. The van der Waals surface area contributed by atoms with Crippen molar-refractivity contribution in [2.45, 2.75) is 24.7 Å². The van der Waals surface area contributed by atoms with Crippen molar-refractivity contribution in [2.75, 3.05) is 19.7 Å². The zero-order valence-electron chi connectivity index (χ0n) is 12.6. The van der Waals surface area contributed by atoms with E-state index < -0.39 is 23.7 Å². The highest BCUT2D eigenvalue weighted by atomic mass is 35.5. The molecule has 1 aliphatic rings. The van der Waals surface area contributed by atoms with Gasteiger partial charge in [-0.3, -0.25) is 9.59 Å². The third kappa shape index (κ3) is 4.20. The van der Waals surface area contributed by atoms with Gasteiger partial charge in [0.15, 0.2) is 0 Å². The van der Waals surface area contributed by atoms with Crippen LogP contribution in [0.15, 0.2) is 24.3 Å². The normalized spacial score (nSPS) is 26.8. The Morgan fingerprint density at radius 2 is 2.09 bits per heavy atom. The summed E-state index contributed by atoms with van der Waals surface area (Å²) in [6.07, 6.45) is -2.01. The van der Waals surface area contributed by atoms with Crippen LogP contribution in [0, 0.1) is 0 Å². The van der Waals surface area contributed by atoms with Crippen LogP contribution in [0.2, 0.25) is 5.02 Å². The summed E-state index contributed by atoms with van der Waals surface area (Å²) < 4.78 is 5.33. The van der Waals surface area contributed by atoms with E-state index in [1.165, 1.54) is 6.92 Å². The zero-order chi connectivity index (χ0) is 17.0. The molecule has 2 amide bonds. The minimum absolute atomic E-state index is 0.00754. The molecule has 4 N–H and O–H groups in total. The number of aliphatic hydroxyl groups is 2. The average molecular weight is 343 g/mol. The Morgan fingerprint density at radius 3 is 2.74 bits per heavy atom. The highest BCUT2D eigenvalue weighted by molar-refractivity contribution is 6.33. The number of amides is 2. The second-order valence-electron chi connectivity index (χ2n) is 5.50. The fourth-order valence-electron chi connectivity index (χ4n) is 2.31. The molecule has 0 bridgehead atoms. The maximum atomic E-state index is 12.1. The van der Waals surface area contributed by atoms with Crippen molar-refractivity contribution in [3.63, 3.8) is 0 Å². The Balaban J connectivity index is 1.91. The molecule has 1 heterocycles. The number of nitrogens with one attached hydrogen (secondary N) is 2. The van der Waals surface area contributed by atoms with Crippen LogP contribution in [0.4, 0.5) is 0 Å². The van der Waals surface area contributed by atoms with Gasteiger partial charge < -0.3 is 25.6 Å². The van der Waals surface area contributed by atoms with Gasteiger partial charge in [0.1, 0.15) is 17.8 Å². The summed E-state index contributed by atoms with van der Waals surface area (Å²) in [4.78, 5) is 23.0. The molecule has 0 radical (unpaired) electrons. The molecule has 1 aliphatic heterocycles. The summed E-state index contributed by atoms with van der Waals surface area (Å²) in [7, 11) is 0. The number of ether oxygens (including phenoxy) is 1. The first-order chi connectivity index (χ1) is 10.8. The standard InChI is InChI=1S/C15H19ClN2O5/c1-9(19)18-7-15(22)8-23-12(13(15)20)6-17-14(21)10-4-2-3-5-11(10)16/h2-5,12-13,20,22H,6-8H2,1H3,(H,17,21)(H,18,19)/t12-,13-,15+/m1/s1. The smallest absolute Gasteiger partial charge is 0.252 e. The number of carbonyl (C=O) groups is 2. The first kappa shape index (κ1) is 17.7. The SMILES string of the molecule is CC(=O)NC[C@]1(O)CO[C@H](CNC(=O)c2ccccc2Cl)[C@H]1O. The van der Waals surface area contributed by atoms with Gasteiger partial charge in [0.2, 0.25) is 5.91 Å². The van der Waals surface area contributed by atoms with Crippen LogP contribution < -0.4 is 10.6 Å². The topological polar surface area (TPSA) is 108 Å². The first-order valence-corrected chi connectivity index (χ1v) is 7.50. The summed E-state index contributed by atoms with van der Waals surface area (Å²) >= 11 is 5.94. The molecule has 3 atom stereocenters. The van der Waals surface area contributed by atoms with Crippen molar-refractivity contribution in [3.05, 3.63) is 34.9 Å². The van der Waals surface area contributed by atoms with Crippen LogP contribution >= 0.6 is 11.6 Å². The molecule has 2 rings (SSSR count). The lowest BCUT2D eigenvalue weighted by atomic mass is 9.96. The predicted molar refractivity (Wildman–Crippen MR) is 83.2 cm³/mol. The number of carbonyl (C=O) groups excluding carboxylic acids is 2. The number of benzene rings is 1. The van der Waals surface area contributed by atoms with E-state index in [4.69, 9.17) is 16.3 Å². The van der Waals surface area contributed by atoms with Gasteiger partial charge in [0, 0.05) is 13.5 Å². The molecule has 8 heteroatoms. The van der Waals surface area contributed by atoms with Crippen LogP contribution in [0.1, 0.15) is 17.3 Å². The Bertz CT molecular complexity index is 597. The van der Waals surface area contributed by atoms with Crippen molar-refractivity contribution in [1.82, 2.24) is 10.6 Å². The van der Waals surface area contributed by atoms with Crippen molar-refractivity contribution in [3.8, 4) is 0 Å². The van der Waals surface area contributed by atoms with Crippen molar-refractivity contribution < 1.29 is 24.5 Å². The van der Waals surface area contributed by atoms with Crippen LogP contribution in [0.3, 0.4) is 0 Å². The lowest BCUT2D eigenvalue weighted by Gasteiger charge is -2.26. The first-order valence-electron chi connectivity index (χ1n) is 7.13. The third-order valence-corrected chi connectivity index (χ3v) is 4.01. The molecule has 1 aromatic carbocycles. The Kier molecular flexibility index (Phi) is 5.59. The quantitative estimate of drug-likeness (QED) is 0.587. The van der Waals surface area contributed by atoms with E-state index >= 15 is 0 Å². The van der Waals surface area contributed by atoms with Gasteiger partial charge >= 0.3 is 0 Å². The van der Waals surface area contributed by atoms with Gasteiger partial charge in [-0.05, 0) is 12.1 Å². The largest absolute Gasteiger partial charge is 0.387 e. The number of hydrogen-bond acceptors (Lipinski definition) is 5. The number of hydrogen-bond donors (Lipinski definition) is 4. The van der Waals surface area contributed by atoms with Gasteiger partial charge in [-0.1, -0.05) is 23.7 Å². The van der Waals surface area contributed by atoms with Gasteiger partial charge in [0.25, 0.3) is 5.91 Å². The van der Waals surface area contributed by atoms with E-state index in [2.05, 4.69) is 10.6 Å². The maximum Gasteiger partial charge on any atom is 0.252 e. The van der Waals surface area contributed by atoms with E-state index in [0.717, 1.165) is 0 Å². The fraction of sp³-hybridized carbons (Fsp3) is 0.467. The summed E-state index contributed by atoms with van der Waals surface area (Å²) in [5.41, 5.74) is -1.26. The van der Waals surface area contributed by atoms with Crippen LogP contribution in [-0.4, -0.2) is 59.5 Å². The van der Waals surface area contributed by atoms with Gasteiger partial charge in [0.05, 0.1) is 23.7 Å². The summed E-state index contributed by atoms with van der Waals surface area (Å²) in [5.74, 6) is -0.718. The lowest BCUT2D eigenvalue weighted by molar-refractivity contribution is -0.121. The fourth-order valence-corrected chi connectivity index (χ4v) is 2.53. The van der Waals surface area contributed by atoms with E-state index in [0.29, 0.717) is 10.6 Å². The van der Waals surface area contributed by atoms with Crippen molar-refractivity contribution >= 4 is 23.4 Å². The molecule has 0 aliphatic carbocycles. The molecule has 1 aromatic rings. The molecule has 1 saturated heterocycles.